The lowest BCUT2D eigenvalue weighted by molar-refractivity contribution is -0.137. The zero-order valence-electron chi connectivity index (χ0n) is 8.92. The molecule has 0 aromatic carbocycles. The van der Waals surface area contributed by atoms with Crippen LogP contribution in [0.1, 0.15) is 23.7 Å². The van der Waals surface area contributed by atoms with Crippen LogP contribution < -0.4 is 5.73 Å². The Bertz CT molecular complexity index is 533. The molecule has 0 radical (unpaired) electrons. The molecule has 0 aliphatic heterocycles. The molecule has 0 amide bonds. The van der Waals surface area contributed by atoms with E-state index in [-0.39, 0.29) is 6.42 Å². The van der Waals surface area contributed by atoms with E-state index in [1.165, 1.54) is 0 Å². The summed E-state index contributed by atoms with van der Waals surface area (Å²) in [5, 5.41) is 8.68. The monoisotopic (exact) mass is 219 g/mol. The number of aromatic nitrogens is 2. The SMILES string of the molecule is Cc1ncn2ccc(C(N)CC(=O)O)cc12. The van der Waals surface area contributed by atoms with Crippen molar-refractivity contribution in [2.45, 2.75) is 19.4 Å². The summed E-state index contributed by atoms with van der Waals surface area (Å²) in [5.74, 6) is -0.891. The molecule has 16 heavy (non-hydrogen) atoms. The molecule has 0 saturated carbocycles. The van der Waals surface area contributed by atoms with Gasteiger partial charge in [0.15, 0.2) is 0 Å². The lowest BCUT2D eigenvalue weighted by Crippen LogP contribution is -2.15. The molecule has 2 rings (SSSR count). The van der Waals surface area contributed by atoms with E-state index in [0.29, 0.717) is 0 Å². The van der Waals surface area contributed by atoms with Gasteiger partial charge in [0, 0.05) is 12.2 Å². The number of pyridine rings is 1. The quantitative estimate of drug-likeness (QED) is 0.810. The van der Waals surface area contributed by atoms with Crippen LogP contribution in [0, 0.1) is 6.92 Å². The average molecular weight is 219 g/mol. The molecule has 0 aliphatic carbocycles. The lowest BCUT2D eigenvalue weighted by atomic mass is 10.1. The average Bonchev–Trinajstić information content (AvgIpc) is 2.59. The van der Waals surface area contributed by atoms with Crippen LogP contribution in [0.3, 0.4) is 0 Å². The Balaban J connectivity index is 2.38. The van der Waals surface area contributed by atoms with Crippen molar-refractivity contribution in [2.24, 2.45) is 5.73 Å². The van der Waals surface area contributed by atoms with E-state index in [4.69, 9.17) is 10.8 Å². The summed E-state index contributed by atoms with van der Waals surface area (Å²) < 4.78 is 1.88. The number of carboxylic acid groups (broad SMARTS) is 1. The van der Waals surface area contributed by atoms with Crippen LogP contribution in [0.15, 0.2) is 24.7 Å². The Morgan fingerprint density at radius 2 is 2.44 bits per heavy atom. The summed E-state index contributed by atoms with van der Waals surface area (Å²) in [5.41, 5.74) is 8.48. The third-order valence-corrected chi connectivity index (χ3v) is 2.58. The van der Waals surface area contributed by atoms with Crippen molar-refractivity contribution < 1.29 is 9.90 Å². The third-order valence-electron chi connectivity index (χ3n) is 2.58. The fourth-order valence-corrected chi connectivity index (χ4v) is 1.67. The first kappa shape index (κ1) is 10.6. The Morgan fingerprint density at radius 1 is 1.69 bits per heavy atom. The summed E-state index contributed by atoms with van der Waals surface area (Å²) in [4.78, 5) is 14.7. The van der Waals surface area contributed by atoms with Crippen molar-refractivity contribution in [3.8, 4) is 0 Å². The Kier molecular flexibility index (Phi) is 2.62. The molecule has 0 spiro atoms. The van der Waals surface area contributed by atoms with Crippen LogP contribution in [-0.2, 0) is 4.79 Å². The van der Waals surface area contributed by atoms with E-state index in [1.54, 1.807) is 6.33 Å². The van der Waals surface area contributed by atoms with Crippen molar-refractivity contribution in [2.75, 3.05) is 0 Å². The molecule has 3 N–H and O–H groups in total. The van der Waals surface area contributed by atoms with Crippen molar-refractivity contribution in [1.82, 2.24) is 9.38 Å². The Hall–Kier alpha value is -1.88. The largest absolute Gasteiger partial charge is 0.481 e. The van der Waals surface area contributed by atoms with Crippen molar-refractivity contribution in [1.29, 1.82) is 0 Å². The molecule has 0 saturated heterocycles. The minimum atomic E-state index is -0.891. The van der Waals surface area contributed by atoms with E-state index in [9.17, 15) is 4.79 Å². The van der Waals surface area contributed by atoms with E-state index >= 15 is 0 Å². The van der Waals surface area contributed by atoms with Crippen LogP contribution in [0.2, 0.25) is 0 Å². The molecular formula is C11H13N3O2. The second kappa shape index (κ2) is 3.94. The lowest BCUT2D eigenvalue weighted by Gasteiger charge is -2.09. The highest BCUT2D eigenvalue weighted by Crippen LogP contribution is 2.17. The maximum absolute atomic E-state index is 10.6. The first-order valence-corrected chi connectivity index (χ1v) is 4.98. The molecule has 2 heterocycles. The number of nitrogens with zero attached hydrogens (tertiary/aromatic N) is 2. The fourth-order valence-electron chi connectivity index (χ4n) is 1.67. The minimum absolute atomic E-state index is 0.0661. The van der Waals surface area contributed by atoms with Gasteiger partial charge in [0.25, 0.3) is 0 Å². The Labute approximate surface area is 92.5 Å². The standard InChI is InChI=1S/C11H13N3O2/c1-7-10-4-8(9(12)5-11(15)16)2-3-14(10)6-13-7/h2-4,6,9H,5,12H2,1H3,(H,15,16). The summed E-state index contributed by atoms with van der Waals surface area (Å²) in [7, 11) is 0. The Morgan fingerprint density at radius 3 is 3.12 bits per heavy atom. The number of aryl methyl sites for hydroxylation is 1. The number of aliphatic carboxylic acids is 1. The first-order chi connectivity index (χ1) is 7.58. The molecule has 5 nitrogen and oxygen atoms in total. The maximum Gasteiger partial charge on any atom is 0.305 e. The number of carbonyl (C=O) groups is 1. The molecular weight excluding hydrogens is 206 g/mol. The number of hydrogen-bond donors (Lipinski definition) is 2. The van der Waals surface area contributed by atoms with E-state index in [2.05, 4.69) is 4.98 Å². The van der Waals surface area contributed by atoms with Crippen molar-refractivity contribution in [3.05, 3.63) is 35.9 Å². The molecule has 0 aliphatic rings. The predicted molar refractivity (Wildman–Crippen MR) is 59.1 cm³/mol. The molecule has 2 aromatic heterocycles. The van der Waals surface area contributed by atoms with Gasteiger partial charge >= 0.3 is 5.97 Å². The summed E-state index contributed by atoms with van der Waals surface area (Å²) in [6.07, 6.45) is 3.49. The normalized spacial score (nSPS) is 12.9. The zero-order valence-corrected chi connectivity index (χ0v) is 8.92. The van der Waals surface area contributed by atoms with Gasteiger partial charge in [0.05, 0.1) is 24.0 Å². The molecule has 0 fully saturated rings. The minimum Gasteiger partial charge on any atom is -0.481 e. The number of hydrogen-bond acceptors (Lipinski definition) is 3. The van der Waals surface area contributed by atoms with Crippen LogP contribution in [0.5, 0.6) is 0 Å². The van der Waals surface area contributed by atoms with Gasteiger partial charge in [-0.15, -0.1) is 0 Å². The van der Waals surface area contributed by atoms with Gasteiger partial charge in [0.2, 0.25) is 0 Å². The van der Waals surface area contributed by atoms with Gasteiger partial charge in [-0.2, -0.15) is 0 Å². The van der Waals surface area contributed by atoms with Gasteiger partial charge < -0.3 is 15.2 Å². The van der Waals surface area contributed by atoms with Crippen molar-refractivity contribution >= 4 is 11.5 Å². The van der Waals surface area contributed by atoms with Gasteiger partial charge in [-0.3, -0.25) is 4.79 Å². The van der Waals surface area contributed by atoms with Crippen LogP contribution in [-0.4, -0.2) is 20.5 Å². The summed E-state index contributed by atoms with van der Waals surface area (Å²) in [6.45, 7) is 1.90. The zero-order chi connectivity index (χ0) is 11.7. The fraction of sp³-hybridized carbons (Fsp3) is 0.273. The summed E-state index contributed by atoms with van der Waals surface area (Å²) in [6, 6.07) is 3.23. The number of fused-ring (bicyclic) bond motifs is 1. The molecule has 1 unspecified atom stereocenters. The van der Waals surface area contributed by atoms with Gasteiger partial charge in [-0.25, -0.2) is 4.98 Å². The smallest absolute Gasteiger partial charge is 0.305 e. The highest BCUT2D eigenvalue weighted by Gasteiger charge is 2.11. The highest BCUT2D eigenvalue weighted by atomic mass is 16.4. The number of nitrogens with two attached hydrogens (primary N) is 1. The molecule has 1 atom stereocenters. The van der Waals surface area contributed by atoms with Crippen LogP contribution in [0.25, 0.3) is 5.52 Å². The van der Waals surface area contributed by atoms with E-state index in [0.717, 1.165) is 16.8 Å². The van der Waals surface area contributed by atoms with E-state index < -0.39 is 12.0 Å². The highest BCUT2D eigenvalue weighted by molar-refractivity contribution is 5.68. The molecule has 2 aromatic rings. The molecule has 84 valence electrons. The number of imidazole rings is 1. The molecule has 5 heteroatoms. The molecule has 0 bridgehead atoms. The van der Waals surface area contributed by atoms with Gasteiger partial charge in [-0.05, 0) is 24.6 Å². The number of carboxylic acids is 1. The third kappa shape index (κ3) is 1.90. The summed E-state index contributed by atoms with van der Waals surface area (Å²) >= 11 is 0. The first-order valence-electron chi connectivity index (χ1n) is 4.98. The second-order valence-corrected chi connectivity index (χ2v) is 3.79. The van der Waals surface area contributed by atoms with Gasteiger partial charge in [0.1, 0.15) is 0 Å². The predicted octanol–water partition coefficient (Wildman–Crippen LogP) is 1.12. The number of rotatable bonds is 3. The maximum atomic E-state index is 10.6. The van der Waals surface area contributed by atoms with Crippen LogP contribution >= 0.6 is 0 Å². The van der Waals surface area contributed by atoms with Crippen LogP contribution in [0.4, 0.5) is 0 Å². The van der Waals surface area contributed by atoms with E-state index in [1.807, 2.05) is 29.7 Å². The van der Waals surface area contributed by atoms with Gasteiger partial charge in [-0.1, -0.05) is 0 Å². The van der Waals surface area contributed by atoms with Crippen molar-refractivity contribution in [3.63, 3.8) is 0 Å². The topological polar surface area (TPSA) is 80.6 Å². The second-order valence-electron chi connectivity index (χ2n) is 3.79.